The van der Waals surface area contributed by atoms with Crippen molar-refractivity contribution in [3.8, 4) is 0 Å². The second-order valence-corrected chi connectivity index (χ2v) is 7.80. The molecule has 0 amide bonds. The number of ether oxygens (including phenoxy) is 1. The van der Waals surface area contributed by atoms with Crippen molar-refractivity contribution in [2.75, 3.05) is 5.73 Å². The maximum absolute atomic E-state index is 14.0. The highest BCUT2D eigenvalue weighted by Gasteiger charge is 2.72. The highest BCUT2D eigenvalue weighted by Crippen LogP contribution is 2.51. The van der Waals surface area contributed by atoms with E-state index in [1.165, 1.54) is 30.5 Å². The Bertz CT molecular complexity index is 1140. The predicted molar refractivity (Wildman–Crippen MR) is 104 cm³/mol. The minimum atomic E-state index is -5.33. The molecule has 5 N–H and O–H groups in total. The maximum atomic E-state index is 14.0. The Morgan fingerprint density at radius 1 is 1.29 bits per heavy atom. The first-order chi connectivity index (χ1) is 14.5. The molecule has 12 heteroatoms. The first-order valence-corrected chi connectivity index (χ1v) is 9.48. The fourth-order valence-electron chi connectivity index (χ4n) is 3.80. The molecule has 1 aromatic carbocycles. The molecule has 0 bridgehead atoms. The van der Waals surface area contributed by atoms with Crippen LogP contribution in [0.5, 0.6) is 0 Å². The lowest BCUT2D eigenvalue weighted by molar-refractivity contribution is -0.302. The molecular formula is C19H18ClF3N4O4. The molecule has 3 aromatic rings. The summed E-state index contributed by atoms with van der Waals surface area (Å²) in [6, 6.07) is 5.55. The van der Waals surface area contributed by atoms with Gasteiger partial charge in [-0.3, -0.25) is 0 Å². The predicted octanol–water partition coefficient (Wildman–Crippen LogP) is 2.26. The standard InChI is InChI=1S/C19H18ClF3N4O4/c1-8-6-9(2-3-11(8)20)12(28)14-18(30,19(21,22)23)13(29)17(31-14)27-5-4-10-15(24)25-7-26-16(10)27/h2-7,12-14,17,28-30H,1H3,(H2,24,25,26)/t12-,13+,14-,17-,18+/m1/s1. The normalized spacial score (nSPS) is 27.7. The number of nitrogens with two attached hydrogens (primary N) is 1. The second kappa shape index (κ2) is 7.31. The Morgan fingerprint density at radius 2 is 2.00 bits per heavy atom. The zero-order chi connectivity index (χ0) is 22.7. The quantitative estimate of drug-likeness (QED) is 0.474. The van der Waals surface area contributed by atoms with Gasteiger partial charge >= 0.3 is 6.18 Å². The zero-order valence-corrected chi connectivity index (χ0v) is 16.7. The average Bonchev–Trinajstić information content (AvgIpc) is 3.24. The van der Waals surface area contributed by atoms with Gasteiger partial charge in [-0.15, -0.1) is 0 Å². The summed E-state index contributed by atoms with van der Waals surface area (Å²) < 4.78 is 48.5. The van der Waals surface area contributed by atoms with E-state index in [4.69, 9.17) is 22.1 Å². The first-order valence-electron chi connectivity index (χ1n) is 9.10. The Morgan fingerprint density at radius 3 is 2.65 bits per heavy atom. The van der Waals surface area contributed by atoms with Gasteiger partial charge in [-0.1, -0.05) is 23.7 Å². The van der Waals surface area contributed by atoms with Gasteiger partial charge in [0.2, 0.25) is 5.60 Å². The van der Waals surface area contributed by atoms with Gasteiger partial charge in [0.15, 0.2) is 6.23 Å². The van der Waals surface area contributed by atoms with Crippen molar-refractivity contribution in [3.63, 3.8) is 0 Å². The van der Waals surface area contributed by atoms with Crippen LogP contribution in [0.1, 0.15) is 23.5 Å². The van der Waals surface area contributed by atoms with Crippen LogP contribution in [0.4, 0.5) is 19.0 Å². The SMILES string of the molecule is Cc1cc([C@@H](O)[C@H]2O[C@@H](n3ccc4c(N)ncnc43)[C@H](O)[C@@]2(O)C(F)(F)F)ccc1Cl. The van der Waals surface area contributed by atoms with Crippen LogP contribution in [-0.2, 0) is 4.74 Å². The molecule has 1 fully saturated rings. The molecule has 1 aliphatic rings. The third-order valence-corrected chi connectivity index (χ3v) is 5.94. The van der Waals surface area contributed by atoms with Crippen molar-refractivity contribution in [1.82, 2.24) is 14.5 Å². The van der Waals surface area contributed by atoms with Crippen molar-refractivity contribution in [2.24, 2.45) is 0 Å². The number of hydrogen-bond acceptors (Lipinski definition) is 7. The number of benzene rings is 1. The Hall–Kier alpha value is -2.44. The summed E-state index contributed by atoms with van der Waals surface area (Å²) >= 11 is 5.95. The molecular weight excluding hydrogens is 441 g/mol. The molecule has 0 unspecified atom stereocenters. The summed E-state index contributed by atoms with van der Waals surface area (Å²) in [5, 5.41) is 32.6. The number of alkyl halides is 3. The topological polar surface area (TPSA) is 127 Å². The van der Waals surface area contributed by atoms with E-state index in [0.29, 0.717) is 16.0 Å². The van der Waals surface area contributed by atoms with Crippen LogP contribution in [0.25, 0.3) is 11.0 Å². The molecule has 166 valence electrons. The van der Waals surface area contributed by atoms with Crippen LogP contribution in [-0.4, -0.2) is 53.8 Å². The van der Waals surface area contributed by atoms with Crippen LogP contribution in [0.15, 0.2) is 36.8 Å². The number of aryl methyl sites for hydroxylation is 1. The molecule has 4 rings (SSSR count). The van der Waals surface area contributed by atoms with Crippen LogP contribution in [0, 0.1) is 6.92 Å². The monoisotopic (exact) mass is 458 g/mol. The van der Waals surface area contributed by atoms with E-state index in [-0.39, 0.29) is 17.0 Å². The van der Waals surface area contributed by atoms with Crippen LogP contribution >= 0.6 is 11.6 Å². The third-order valence-electron chi connectivity index (χ3n) is 5.52. The van der Waals surface area contributed by atoms with Crippen molar-refractivity contribution in [1.29, 1.82) is 0 Å². The van der Waals surface area contributed by atoms with Gasteiger partial charge in [-0.05, 0) is 30.2 Å². The highest BCUT2D eigenvalue weighted by molar-refractivity contribution is 6.31. The second-order valence-electron chi connectivity index (χ2n) is 7.39. The molecule has 2 aromatic heterocycles. The van der Waals surface area contributed by atoms with Crippen LogP contribution < -0.4 is 5.73 Å². The number of fused-ring (bicyclic) bond motifs is 1. The molecule has 3 heterocycles. The number of rotatable bonds is 3. The summed E-state index contributed by atoms with van der Waals surface area (Å²) in [7, 11) is 0. The largest absolute Gasteiger partial charge is 0.422 e. The number of nitrogens with zero attached hydrogens (tertiary/aromatic N) is 3. The fraction of sp³-hybridized carbons (Fsp3) is 0.368. The number of hydrogen-bond donors (Lipinski definition) is 4. The third kappa shape index (κ3) is 3.24. The van der Waals surface area contributed by atoms with Gasteiger partial charge in [0.05, 0.1) is 5.39 Å². The Balaban J connectivity index is 1.81. The Kier molecular flexibility index (Phi) is 5.14. The number of anilines is 1. The van der Waals surface area contributed by atoms with E-state index in [1.54, 1.807) is 6.92 Å². The smallest absolute Gasteiger partial charge is 0.386 e. The van der Waals surface area contributed by atoms with Gasteiger partial charge in [-0.2, -0.15) is 13.2 Å². The van der Waals surface area contributed by atoms with Gasteiger partial charge in [-0.25, -0.2) is 9.97 Å². The van der Waals surface area contributed by atoms with Gasteiger partial charge in [0.25, 0.3) is 0 Å². The van der Waals surface area contributed by atoms with Crippen molar-refractivity contribution in [2.45, 2.75) is 43.2 Å². The fourth-order valence-corrected chi connectivity index (χ4v) is 3.92. The summed E-state index contributed by atoms with van der Waals surface area (Å²) in [5.41, 5.74) is 2.61. The van der Waals surface area contributed by atoms with Crippen LogP contribution in [0.2, 0.25) is 5.02 Å². The molecule has 0 saturated carbocycles. The van der Waals surface area contributed by atoms with Crippen molar-refractivity contribution >= 4 is 28.5 Å². The van der Waals surface area contributed by atoms with Gasteiger partial charge < -0.3 is 30.4 Å². The Labute approximate surface area is 178 Å². The molecule has 1 saturated heterocycles. The molecule has 5 atom stereocenters. The van der Waals surface area contributed by atoms with Gasteiger partial charge in [0, 0.05) is 11.2 Å². The number of nitrogen functional groups attached to an aromatic ring is 1. The van der Waals surface area contributed by atoms with E-state index < -0.39 is 36.3 Å². The summed E-state index contributed by atoms with van der Waals surface area (Å²) in [6.45, 7) is 1.61. The van der Waals surface area contributed by atoms with E-state index in [2.05, 4.69) is 9.97 Å². The molecule has 1 aliphatic heterocycles. The molecule has 0 radical (unpaired) electrons. The summed E-state index contributed by atoms with van der Waals surface area (Å²) in [4.78, 5) is 7.78. The van der Waals surface area contributed by atoms with E-state index >= 15 is 0 Å². The molecule has 31 heavy (non-hydrogen) atoms. The molecule has 8 nitrogen and oxygen atoms in total. The minimum absolute atomic E-state index is 0.0337. The number of aromatic nitrogens is 3. The van der Waals surface area contributed by atoms with Crippen molar-refractivity contribution in [3.05, 3.63) is 52.9 Å². The molecule has 0 aliphatic carbocycles. The van der Waals surface area contributed by atoms with E-state index in [9.17, 15) is 28.5 Å². The van der Waals surface area contributed by atoms with Crippen molar-refractivity contribution < 1.29 is 33.2 Å². The van der Waals surface area contributed by atoms with E-state index in [1.807, 2.05) is 0 Å². The first kappa shape index (κ1) is 21.8. The zero-order valence-electron chi connectivity index (χ0n) is 16.0. The average molecular weight is 459 g/mol. The lowest BCUT2D eigenvalue weighted by Gasteiger charge is -2.35. The van der Waals surface area contributed by atoms with Gasteiger partial charge in [0.1, 0.15) is 36.1 Å². The number of aliphatic hydroxyl groups excluding tert-OH is 2. The van der Waals surface area contributed by atoms with Crippen LogP contribution in [0.3, 0.4) is 0 Å². The van der Waals surface area contributed by atoms with E-state index in [0.717, 1.165) is 10.9 Å². The molecule has 0 spiro atoms. The lowest BCUT2D eigenvalue weighted by atomic mass is 9.85. The minimum Gasteiger partial charge on any atom is -0.386 e. The number of aliphatic hydroxyl groups is 3. The summed E-state index contributed by atoms with van der Waals surface area (Å²) in [5.74, 6) is 0.0792. The summed E-state index contributed by atoms with van der Waals surface area (Å²) in [6.07, 6.45) is -11.3. The highest BCUT2D eigenvalue weighted by atomic mass is 35.5. The lowest BCUT2D eigenvalue weighted by Crippen LogP contribution is -2.60. The number of halogens is 4. The maximum Gasteiger partial charge on any atom is 0.422 e.